The quantitative estimate of drug-likeness (QED) is 0.176. The minimum absolute atomic E-state index is 0.0227. The number of aromatic nitrogens is 4. The van der Waals surface area contributed by atoms with Crippen LogP contribution in [0.3, 0.4) is 0 Å². The standard InChI is InChI=1S/C35H46F3N5O3Si/c1-24-25(10-9-11-28(24)35(36,37)38)20-31-29(23-46-47(5,6)34(2,3)4)40-33-27(21-26(22-42(31)33)41-15-18-44-19-16-41)30-13-14-39-43(30)32-12-7-8-17-45-32/h9-11,13-14,21-22,32H,7-8,12,15-20,23H2,1-6H3. The molecule has 2 aliphatic heterocycles. The van der Waals surface area contributed by atoms with Crippen molar-refractivity contribution in [2.75, 3.05) is 37.8 Å². The second kappa shape index (κ2) is 13.0. The van der Waals surface area contributed by atoms with Gasteiger partial charge in [-0.1, -0.05) is 32.9 Å². The van der Waals surface area contributed by atoms with Crippen LogP contribution in [0, 0.1) is 6.92 Å². The van der Waals surface area contributed by atoms with Crippen molar-refractivity contribution in [1.82, 2.24) is 19.2 Å². The Morgan fingerprint density at radius 2 is 1.81 bits per heavy atom. The van der Waals surface area contributed by atoms with Gasteiger partial charge in [0.05, 0.1) is 48.2 Å². The van der Waals surface area contributed by atoms with Crippen molar-refractivity contribution < 1.29 is 27.1 Å². The van der Waals surface area contributed by atoms with Gasteiger partial charge in [-0.05, 0) is 73.6 Å². The molecule has 0 bridgehead atoms. The van der Waals surface area contributed by atoms with Gasteiger partial charge in [0.1, 0.15) is 5.65 Å². The van der Waals surface area contributed by atoms with E-state index in [1.807, 2.05) is 10.7 Å². The number of fused-ring (bicyclic) bond motifs is 1. The number of nitrogens with zero attached hydrogens (tertiary/aromatic N) is 5. The van der Waals surface area contributed by atoms with E-state index in [0.29, 0.717) is 31.0 Å². The topological polar surface area (TPSA) is 66.0 Å². The highest BCUT2D eigenvalue weighted by atomic mass is 28.4. The molecule has 1 atom stereocenters. The Hall–Kier alpha value is -3.19. The fourth-order valence-electron chi connectivity index (χ4n) is 6.21. The molecule has 47 heavy (non-hydrogen) atoms. The molecule has 0 spiro atoms. The van der Waals surface area contributed by atoms with Crippen LogP contribution in [0.1, 0.15) is 74.3 Å². The van der Waals surface area contributed by atoms with Crippen LogP contribution in [0.4, 0.5) is 18.9 Å². The molecule has 254 valence electrons. The van der Waals surface area contributed by atoms with E-state index in [-0.39, 0.29) is 29.9 Å². The molecule has 0 saturated carbocycles. The number of halogens is 3. The lowest BCUT2D eigenvalue weighted by atomic mass is 9.98. The number of ether oxygens (including phenoxy) is 2. The third kappa shape index (κ3) is 6.88. The number of imidazole rings is 1. The molecule has 2 saturated heterocycles. The van der Waals surface area contributed by atoms with Crippen LogP contribution in [-0.4, -0.2) is 60.4 Å². The van der Waals surface area contributed by atoms with E-state index < -0.39 is 20.1 Å². The highest BCUT2D eigenvalue weighted by molar-refractivity contribution is 6.74. The van der Waals surface area contributed by atoms with Crippen molar-refractivity contribution in [2.45, 2.75) is 90.5 Å². The number of hydrogen-bond acceptors (Lipinski definition) is 6. The molecule has 2 fully saturated rings. The smallest absolute Gasteiger partial charge is 0.411 e. The molecule has 1 aromatic carbocycles. The summed E-state index contributed by atoms with van der Waals surface area (Å²) < 4.78 is 64.5. The molecule has 0 N–H and O–H groups in total. The second-order valence-electron chi connectivity index (χ2n) is 14.2. The summed E-state index contributed by atoms with van der Waals surface area (Å²) in [5.41, 5.74) is 5.25. The number of morpholine rings is 1. The monoisotopic (exact) mass is 669 g/mol. The van der Waals surface area contributed by atoms with Crippen LogP contribution in [-0.2, 0) is 33.1 Å². The number of anilines is 1. The predicted octanol–water partition coefficient (Wildman–Crippen LogP) is 8.17. The van der Waals surface area contributed by atoms with Crippen LogP contribution in [0.5, 0.6) is 0 Å². The Kier molecular flexibility index (Phi) is 9.33. The van der Waals surface area contributed by atoms with Crippen molar-refractivity contribution in [2.24, 2.45) is 0 Å². The van der Waals surface area contributed by atoms with Crippen LogP contribution in [0.25, 0.3) is 16.9 Å². The van der Waals surface area contributed by atoms with Crippen LogP contribution in [0.15, 0.2) is 42.7 Å². The number of pyridine rings is 1. The van der Waals surface area contributed by atoms with Crippen molar-refractivity contribution in [3.8, 4) is 11.3 Å². The maximum Gasteiger partial charge on any atom is 0.416 e. The van der Waals surface area contributed by atoms with Crippen molar-refractivity contribution >= 4 is 19.7 Å². The zero-order valence-electron chi connectivity index (χ0n) is 28.3. The summed E-state index contributed by atoms with van der Waals surface area (Å²) >= 11 is 0. The van der Waals surface area contributed by atoms with E-state index in [1.165, 1.54) is 6.07 Å². The molecule has 3 aromatic heterocycles. The summed E-state index contributed by atoms with van der Waals surface area (Å²) in [5.74, 6) is 0. The molecule has 8 nitrogen and oxygen atoms in total. The summed E-state index contributed by atoms with van der Waals surface area (Å²) in [6, 6.07) is 8.57. The van der Waals surface area contributed by atoms with Gasteiger partial charge in [0.25, 0.3) is 0 Å². The largest absolute Gasteiger partial charge is 0.416 e. The lowest BCUT2D eigenvalue weighted by Gasteiger charge is -2.36. The third-order valence-electron chi connectivity index (χ3n) is 10.1. The Morgan fingerprint density at radius 1 is 1.04 bits per heavy atom. The molecule has 5 heterocycles. The average molecular weight is 670 g/mol. The van der Waals surface area contributed by atoms with E-state index in [4.69, 9.17) is 24.0 Å². The molecule has 12 heteroatoms. The van der Waals surface area contributed by atoms with Gasteiger partial charge in [-0.2, -0.15) is 18.3 Å². The zero-order chi connectivity index (χ0) is 33.6. The molecular weight excluding hydrogens is 623 g/mol. The molecule has 1 unspecified atom stereocenters. The van der Waals surface area contributed by atoms with Crippen LogP contribution >= 0.6 is 0 Å². The van der Waals surface area contributed by atoms with E-state index in [0.717, 1.165) is 66.8 Å². The number of benzene rings is 1. The van der Waals surface area contributed by atoms with Gasteiger partial charge in [0, 0.05) is 44.1 Å². The first-order valence-electron chi connectivity index (χ1n) is 16.6. The summed E-state index contributed by atoms with van der Waals surface area (Å²) in [4.78, 5) is 7.52. The highest BCUT2D eigenvalue weighted by Crippen LogP contribution is 2.39. The molecule has 6 rings (SSSR count). The van der Waals surface area contributed by atoms with Gasteiger partial charge in [0.2, 0.25) is 0 Å². The second-order valence-corrected chi connectivity index (χ2v) is 19.0. The van der Waals surface area contributed by atoms with Crippen molar-refractivity contribution in [3.05, 3.63) is 70.8 Å². The van der Waals surface area contributed by atoms with Gasteiger partial charge in [0.15, 0.2) is 14.5 Å². The van der Waals surface area contributed by atoms with Crippen molar-refractivity contribution in [1.29, 1.82) is 0 Å². The van der Waals surface area contributed by atoms with E-state index in [9.17, 15) is 13.2 Å². The summed E-state index contributed by atoms with van der Waals surface area (Å²) in [6.45, 7) is 16.2. The Labute approximate surface area is 276 Å². The fraction of sp³-hybridized carbons (Fsp3) is 0.543. The van der Waals surface area contributed by atoms with Crippen molar-refractivity contribution in [3.63, 3.8) is 0 Å². The van der Waals surface area contributed by atoms with E-state index in [2.05, 4.69) is 55.4 Å². The normalized spacial score (nSPS) is 18.3. The summed E-state index contributed by atoms with van der Waals surface area (Å²) in [6.07, 6.45) is 2.48. The molecule has 2 aliphatic rings. The number of alkyl halides is 3. The predicted molar refractivity (Wildman–Crippen MR) is 179 cm³/mol. The first-order chi connectivity index (χ1) is 22.2. The fourth-order valence-corrected chi connectivity index (χ4v) is 7.14. The molecule has 0 amide bonds. The summed E-state index contributed by atoms with van der Waals surface area (Å²) in [5, 5.41) is 4.67. The highest BCUT2D eigenvalue weighted by Gasteiger charge is 2.38. The van der Waals surface area contributed by atoms with Gasteiger partial charge < -0.3 is 23.2 Å². The maximum absolute atomic E-state index is 14.0. The minimum atomic E-state index is -4.44. The lowest BCUT2D eigenvalue weighted by molar-refractivity contribution is -0.138. The van der Waals surface area contributed by atoms with Gasteiger partial charge in [-0.3, -0.25) is 0 Å². The Bertz CT molecular complexity index is 1710. The lowest BCUT2D eigenvalue weighted by Crippen LogP contribution is -2.40. The minimum Gasteiger partial charge on any atom is -0.411 e. The maximum atomic E-state index is 14.0. The number of rotatable bonds is 8. The van der Waals surface area contributed by atoms with E-state index >= 15 is 0 Å². The average Bonchev–Trinajstić information content (AvgIpc) is 3.66. The molecular formula is C35H46F3N5O3Si. The third-order valence-corrected chi connectivity index (χ3v) is 14.6. The first kappa shape index (κ1) is 33.7. The SMILES string of the molecule is Cc1c(Cc2c(CO[Si](C)(C)C(C)(C)C)nc3c(-c4ccnn4C4CCCCO4)cc(N4CCOCC4)cn23)cccc1C(F)(F)F. The van der Waals surface area contributed by atoms with Gasteiger partial charge in [-0.25, -0.2) is 9.67 Å². The van der Waals surface area contributed by atoms with Gasteiger partial charge >= 0.3 is 6.18 Å². The first-order valence-corrected chi connectivity index (χ1v) is 19.5. The molecule has 4 aromatic rings. The van der Waals surface area contributed by atoms with Crippen LogP contribution in [0.2, 0.25) is 18.1 Å². The van der Waals surface area contributed by atoms with Gasteiger partial charge in [-0.15, -0.1) is 0 Å². The molecule has 0 radical (unpaired) electrons. The Morgan fingerprint density at radius 3 is 2.49 bits per heavy atom. The Balaban J connectivity index is 1.55. The van der Waals surface area contributed by atoms with E-state index in [1.54, 1.807) is 19.2 Å². The zero-order valence-corrected chi connectivity index (χ0v) is 29.3. The number of hydrogen-bond donors (Lipinski definition) is 0. The molecule has 0 aliphatic carbocycles. The van der Waals surface area contributed by atoms with Crippen LogP contribution < -0.4 is 4.90 Å². The summed E-state index contributed by atoms with van der Waals surface area (Å²) in [7, 11) is -2.18.